The Morgan fingerprint density at radius 3 is 2.60 bits per heavy atom. The summed E-state index contributed by atoms with van der Waals surface area (Å²) >= 11 is 0.977. The minimum Gasteiger partial charge on any atom is -0.493 e. The Morgan fingerprint density at radius 2 is 1.88 bits per heavy atom. The highest BCUT2D eigenvalue weighted by atomic mass is 32.2. The van der Waals surface area contributed by atoms with Crippen LogP contribution in [0.5, 0.6) is 11.5 Å². The Bertz CT molecular complexity index is 1980. The molecule has 5 rings (SSSR count). The number of amides is 2. The van der Waals surface area contributed by atoms with Gasteiger partial charge in [0.1, 0.15) is 25.4 Å². The number of rotatable bonds is 14. The minimum atomic E-state index is -4.03. The molecule has 254 valence electrons. The van der Waals surface area contributed by atoms with Crippen LogP contribution < -0.4 is 35.3 Å². The molecular weight excluding hydrogens is 672 g/mol. The van der Waals surface area contributed by atoms with Crippen LogP contribution in [0, 0.1) is 0 Å². The van der Waals surface area contributed by atoms with Gasteiger partial charge in [0.15, 0.2) is 17.3 Å². The topological polar surface area (TPSA) is 234 Å². The average Bonchev–Trinajstić information content (AvgIpc) is 3.68. The lowest BCUT2D eigenvalue weighted by molar-refractivity contribution is -0.143. The van der Waals surface area contributed by atoms with Crippen molar-refractivity contribution in [2.24, 2.45) is 0 Å². The van der Waals surface area contributed by atoms with Crippen LogP contribution in [0.15, 0.2) is 51.6 Å². The number of carbonyl (C=O) groups excluding carboxylic acids is 2. The number of para-hydroxylation sites is 1. The van der Waals surface area contributed by atoms with Crippen LogP contribution in [-0.2, 0) is 31.0 Å². The summed E-state index contributed by atoms with van der Waals surface area (Å²) in [6, 6.07) is 11.9. The third-order valence-corrected chi connectivity index (χ3v) is 9.74. The van der Waals surface area contributed by atoms with E-state index in [9.17, 15) is 32.7 Å². The van der Waals surface area contributed by atoms with E-state index >= 15 is 0 Å². The number of H-pyrrole nitrogens is 1. The quantitative estimate of drug-likeness (QED) is 0.124. The Kier molecular flexibility index (Phi) is 10.3. The zero-order valence-electron chi connectivity index (χ0n) is 25.5. The number of aliphatic carboxylic acids is 1. The van der Waals surface area contributed by atoms with Gasteiger partial charge in [-0.3, -0.25) is 24.7 Å². The fourth-order valence-corrected chi connectivity index (χ4v) is 6.89. The monoisotopic (exact) mass is 702 g/mol. The largest absolute Gasteiger partial charge is 0.493 e. The van der Waals surface area contributed by atoms with E-state index in [4.69, 9.17) is 14.2 Å². The summed E-state index contributed by atoms with van der Waals surface area (Å²) in [5.41, 5.74) is 0.502. The number of carboxylic acids is 1. The first kappa shape index (κ1) is 33.9. The Hall–Kier alpha value is -5.47. The molecule has 0 atom stereocenters. The van der Waals surface area contributed by atoms with Gasteiger partial charge in [0.2, 0.25) is 16.2 Å². The second kappa shape index (κ2) is 14.5. The lowest BCUT2D eigenvalue weighted by Crippen LogP contribution is -2.46. The van der Waals surface area contributed by atoms with E-state index in [0.29, 0.717) is 27.3 Å². The lowest BCUT2D eigenvalue weighted by Gasteiger charge is -2.24. The average molecular weight is 703 g/mol. The van der Waals surface area contributed by atoms with Crippen LogP contribution in [0.1, 0.15) is 5.56 Å². The predicted molar refractivity (Wildman–Crippen MR) is 173 cm³/mol. The van der Waals surface area contributed by atoms with Crippen molar-refractivity contribution < 1.29 is 42.1 Å². The molecule has 48 heavy (non-hydrogen) atoms. The third kappa shape index (κ3) is 7.90. The normalized spacial score (nSPS) is 12.2. The summed E-state index contributed by atoms with van der Waals surface area (Å²) < 4.78 is 44.1. The molecule has 0 fully saturated rings. The molecule has 20 heteroatoms. The fraction of sp³-hybridized carbons (Fsp3) is 0.286. The second-order valence-corrected chi connectivity index (χ2v) is 13.1. The van der Waals surface area contributed by atoms with Crippen molar-refractivity contribution in [2.75, 3.05) is 62.6 Å². The number of nitrogens with one attached hydrogen (secondary N) is 4. The van der Waals surface area contributed by atoms with Gasteiger partial charge in [-0.25, -0.2) is 22.9 Å². The van der Waals surface area contributed by atoms with Gasteiger partial charge in [0.25, 0.3) is 15.6 Å². The first-order valence-corrected chi connectivity index (χ1v) is 16.4. The number of anilines is 3. The van der Waals surface area contributed by atoms with Gasteiger partial charge in [-0.2, -0.15) is 4.98 Å². The Morgan fingerprint density at radius 1 is 1.10 bits per heavy atom. The summed E-state index contributed by atoms with van der Waals surface area (Å²) in [7, 11) is -1.07. The molecule has 1 aliphatic rings. The highest BCUT2D eigenvalue weighted by molar-refractivity contribution is 7.91. The summed E-state index contributed by atoms with van der Waals surface area (Å²) in [5, 5.41) is 14.6. The van der Waals surface area contributed by atoms with Crippen molar-refractivity contribution in [1.29, 1.82) is 0 Å². The number of ether oxygens (including phenoxy) is 3. The van der Waals surface area contributed by atoms with Gasteiger partial charge in [0.05, 0.1) is 31.1 Å². The summed E-state index contributed by atoms with van der Waals surface area (Å²) in [6.45, 7) is -1.86. The van der Waals surface area contributed by atoms with Crippen LogP contribution in [0.25, 0.3) is 10.2 Å². The molecule has 3 heterocycles. The number of carbonyl (C=O) groups is 3. The predicted octanol–water partition coefficient (Wildman–Crippen LogP) is 1.23. The number of aromatic nitrogens is 3. The third-order valence-electron chi connectivity index (χ3n) is 6.87. The zero-order chi connectivity index (χ0) is 34.4. The maximum Gasteiger partial charge on any atom is 0.414 e. The number of carboxylic acid groups (broad SMARTS) is 1. The number of methoxy groups -OCH3 is 2. The van der Waals surface area contributed by atoms with Crippen LogP contribution in [0.3, 0.4) is 0 Å². The molecule has 0 spiro atoms. The molecule has 0 radical (unpaired) electrons. The molecule has 0 aliphatic carbocycles. The van der Waals surface area contributed by atoms with Crippen LogP contribution in [-0.4, -0.2) is 98.4 Å². The number of sulfonamides is 1. The van der Waals surface area contributed by atoms with Gasteiger partial charge in [0, 0.05) is 13.1 Å². The molecule has 0 saturated carbocycles. The number of fused-ring (bicyclic) bond motifs is 2. The maximum absolute atomic E-state index is 13.2. The van der Waals surface area contributed by atoms with E-state index in [2.05, 4.69) is 30.3 Å². The fourth-order valence-electron chi connectivity index (χ4n) is 4.60. The van der Waals surface area contributed by atoms with Crippen LogP contribution >= 0.6 is 11.3 Å². The van der Waals surface area contributed by atoms with Gasteiger partial charge in [-0.05, 0) is 29.8 Å². The molecule has 0 unspecified atom stereocenters. The molecule has 0 bridgehead atoms. The van der Waals surface area contributed by atoms with Gasteiger partial charge in [-0.1, -0.05) is 18.2 Å². The first-order chi connectivity index (χ1) is 23.0. The van der Waals surface area contributed by atoms with Crippen molar-refractivity contribution in [3.63, 3.8) is 0 Å². The Balaban J connectivity index is 1.20. The minimum absolute atomic E-state index is 0.0223. The van der Waals surface area contributed by atoms with Crippen LogP contribution in [0.2, 0.25) is 0 Å². The number of hydrogen-bond donors (Lipinski definition) is 5. The van der Waals surface area contributed by atoms with Crippen molar-refractivity contribution >= 4 is 67.0 Å². The summed E-state index contributed by atoms with van der Waals surface area (Å²) in [4.78, 5) is 63.0. The number of nitrogens with zero attached hydrogens (tertiary/aromatic N) is 4. The Labute approximate surface area is 276 Å². The highest BCUT2D eigenvalue weighted by Gasteiger charge is 2.29. The number of aromatic amines is 1. The van der Waals surface area contributed by atoms with Crippen LogP contribution in [0.4, 0.5) is 22.2 Å². The van der Waals surface area contributed by atoms with Gasteiger partial charge in [-0.15, -0.1) is 11.3 Å². The second-order valence-electron chi connectivity index (χ2n) is 10.1. The van der Waals surface area contributed by atoms with Crippen molar-refractivity contribution in [2.45, 2.75) is 10.9 Å². The molecule has 2 aromatic heterocycles. The maximum atomic E-state index is 13.2. The molecule has 0 saturated heterocycles. The van der Waals surface area contributed by atoms with E-state index in [1.54, 1.807) is 42.5 Å². The highest BCUT2D eigenvalue weighted by Crippen LogP contribution is 2.29. The van der Waals surface area contributed by atoms with E-state index in [0.717, 1.165) is 16.2 Å². The molecule has 2 amide bonds. The number of thiazole rings is 1. The molecule has 5 N–H and O–H groups in total. The van der Waals surface area contributed by atoms with Crippen molar-refractivity contribution in [3.8, 4) is 11.5 Å². The van der Waals surface area contributed by atoms with E-state index in [-0.39, 0.29) is 48.2 Å². The SMILES string of the molecule is COc1ccc(COC(=O)Nc2nc3c(c(=O)[nH]2)NCN3CC(=O)N(CCNS(=O)(=O)c2nc3ccccc3s2)CC(=O)O)cc1OC. The first-order valence-electron chi connectivity index (χ1n) is 14.1. The van der Waals surface area contributed by atoms with Crippen molar-refractivity contribution in [1.82, 2.24) is 24.6 Å². The summed E-state index contributed by atoms with van der Waals surface area (Å²) in [5.74, 6) is -1.29. The molecular formula is C28H30N8O10S2. The van der Waals surface area contributed by atoms with Crippen molar-refractivity contribution in [3.05, 3.63) is 58.4 Å². The number of hydrogen-bond acceptors (Lipinski definition) is 14. The van der Waals surface area contributed by atoms with Gasteiger partial charge < -0.3 is 34.4 Å². The van der Waals surface area contributed by atoms with Gasteiger partial charge >= 0.3 is 12.1 Å². The zero-order valence-corrected chi connectivity index (χ0v) is 27.1. The molecule has 1 aliphatic heterocycles. The smallest absolute Gasteiger partial charge is 0.414 e. The van der Waals surface area contributed by atoms with E-state index in [1.807, 2.05) is 0 Å². The summed E-state index contributed by atoms with van der Waals surface area (Å²) in [6.07, 6.45) is -0.928. The van der Waals surface area contributed by atoms with E-state index in [1.165, 1.54) is 19.1 Å². The number of benzene rings is 2. The molecule has 4 aromatic rings. The molecule has 18 nitrogen and oxygen atoms in total. The molecule has 2 aromatic carbocycles. The lowest BCUT2D eigenvalue weighted by atomic mass is 10.2. The standard InChI is InChI=1S/C28H30N8O10S2/c1-44-18-8-7-16(11-19(18)45-2)14-46-27(41)34-26-32-24-23(25(40)33-26)29-15-36(24)12-21(37)35(13-22(38)39)10-9-30-48(42,43)28-31-17-5-3-4-6-20(17)47-28/h3-8,11,29-30H,9-10,12-15H2,1-2H3,(H,38,39)(H2,32,33,34,40,41). The van der Waals surface area contributed by atoms with E-state index < -0.39 is 46.6 Å².